The molecule has 2 aromatic rings. The van der Waals surface area contributed by atoms with Gasteiger partial charge in [0, 0.05) is 31.8 Å². The fraction of sp³-hybridized carbons (Fsp3) is 0.292. The molecule has 0 bridgehead atoms. The van der Waals surface area contributed by atoms with Gasteiger partial charge in [0.2, 0.25) is 11.8 Å². The number of halogens is 3. The number of pyridine rings is 1. The largest absolute Gasteiger partial charge is 0.573 e. The van der Waals surface area contributed by atoms with E-state index in [1.807, 2.05) is 12.1 Å². The van der Waals surface area contributed by atoms with Crippen LogP contribution in [0, 0.1) is 0 Å². The lowest BCUT2D eigenvalue weighted by atomic mass is 9.99. The molecule has 172 valence electrons. The summed E-state index contributed by atoms with van der Waals surface area (Å²) in [4.78, 5) is 29.9. The van der Waals surface area contributed by atoms with Crippen LogP contribution >= 0.6 is 0 Å². The van der Waals surface area contributed by atoms with Crippen LogP contribution in [0.15, 0.2) is 54.3 Å². The van der Waals surface area contributed by atoms with Crippen LogP contribution in [0.3, 0.4) is 0 Å². The Morgan fingerprint density at radius 1 is 1.21 bits per heavy atom. The number of alkyl halides is 3. The summed E-state index contributed by atoms with van der Waals surface area (Å²) in [6.07, 6.45) is 4.22. The van der Waals surface area contributed by atoms with Crippen molar-refractivity contribution in [2.75, 3.05) is 18.4 Å². The predicted octanol–water partition coefficient (Wildman–Crippen LogP) is 4.28. The van der Waals surface area contributed by atoms with Gasteiger partial charge in [-0.15, -0.1) is 13.2 Å². The standard InChI is InChI=1S/C24H22F3N3O3/c25-24(26,27)33-20-3-1-2-17(14-20)12-16-8-10-30(11-9-16)22(32)7-4-18-13-19-5-6-21(31)29-23(19)28-15-18/h1-4,7-8,13-15H,5-6,9-12H2,(H,28,29,31). The maximum atomic E-state index is 12.6. The number of amides is 2. The van der Waals surface area contributed by atoms with E-state index >= 15 is 0 Å². The molecule has 9 heteroatoms. The van der Waals surface area contributed by atoms with Crippen LogP contribution in [-0.2, 0) is 22.4 Å². The summed E-state index contributed by atoms with van der Waals surface area (Å²) in [5, 5.41) is 2.73. The lowest BCUT2D eigenvalue weighted by molar-refractivity contribution is -0.274. The van der Waals surface area contributed by atoms with Gasteiger partial charge in [0.15, 0.2) is 0 Å². The molecule has 2 aliphatic heterocycles. The number of hydrogen-bond acceptors (Lipinski definition) is 4. The highest BCUT2D eigenvalue weighted by molar-refractivity contribution is 5.94. The fourth-order valence-electron chi connectivity index (χ4n) is 3.83. The van der Waals surface area contributed by atoms with Crippen molar-refractivity contribution in [2.45, 2.75) is 32.0 Å². The van der Waals surface area contributed by atoms with Gasteiger partial charge in [0.05, 0.1) is 0 Å². The van der Waals surface area contributed by atoms with Gasteiger partial charge >= 0.3 is 6.36 Å². The van der Waals surface area contributed by atoms with Crippen LogP contribution in [0.25, 0.3) is 6.08 Å². The highest BCUT2D eigenvalue weighted by atomic mass is 19.4. The second kappa shape index (κ2) is 9.48. The quantitative estimate of drug-likeness (QED) is 0.538. The number of anilines is 1. The number of aryl methyl sites for hydroxylation is 1. The van der Waals surface area contributed by atoms with E-state index in [1.165, 1.54) is 24.3 Å². The van der Waals surface area contributed by atoms with Gasteiger partial charge in [-0.1, -0.05) is 23.8 Å². The topological polar surface area (TPSA) is 71.5 Å². The molecule has 6 nitrogen and oxygen atoms in total. The number of carbonyl (C=O) groups excluding carboxylic acids is 2. The Morgan fingerprint density at radius 3 is 2.82 bits per heavy atom. The van der Waals surface area contributed by atoms with E-state index in [9.17, 15) is 22.8 Å². The summed E-state index contributed by atoms with van der Waals surface area (Å²) in [7, 11) is 0. The number of hydrogen-bond donors (Lipinski definition) is 1. The first-order valence-corrected chi connectivity index (χ1v) is 10.5. The normalized spacial score (nSPS) is 16.3. The molecule has 0 saturated heterocycles. The molecule has 0 unspecified atom stereocenters. The molecule has 0 aliphatic carbocycles. The Morgan fingerprint density at radius 2 is 2.06 bits per heavy atom. The zero-order valence-corrected chi connectivity index (χ0v) is 17.7. The van der Waals surface area contributed by atoms with E-state index in [0.717, 1.165) is 22.3 Å². The third-order valence-corrected chi connectivity index (χ3v) is 5.46. The van der Waals surface area contributed by atoms with E-state index in [1.54, 1.807) is 23.2 Å². The molecule has 0 fully saturated rings. The number of benzene rings is 1. The second-order valence-electron chi connectivity index (χ2n) is 7.93. The van der Waals surface area contributed by atoms with Gasteiger partial charge < -0.3 is 15.0 Å². The minimum Gasteiger partial charge on any atom is -0.406 e. The maximum Gasteiger partial charge on any atom is 0.573 e. The average molecular weight is 457 g/mol. The zero-order valence-electron chi connectivity index (χ0n) is 17.7. The number of nitrogens with zero attached hydrogens (tertiary/aromatic N) is 2. The molecule has 0 spiro atoms. The summed E-state index contributed by atoms with van der Waals surface area (Å²) in [5.74, 6) is 0.154. The van der Waals surface area contributed by atoms with Gasteiger partial charge in [-0.25, -0.2) is 4.98 Å². The Balaban J connectivity index is 1.33. The molecule has 1 aromatic carbocycles. The minimum absolute atomic E-state index is 0.0478. The molecule has 4 rings (SSSR count). The summed E-state index contributed by atoms with van der Waals surface area (Å²) < 4.78 is 41.2. The van der Waals surface area contributed by atoms with Crippen molar-refractivity contribution in [2.24, 2.45) is 0 Å². The van der Waals surface area contributed by atoms with Crippen molar-refractivity contribution >= 4 is 23.7 Å². The first-order valence-electron chi connectivity index (χ1n) is 10.5. The molecule has 2 aliphatic rings. The van der Waals surface area contributed by atoms with E-state index in [2.05, 4.69) is 15.0 Å². The minimum atomic E-state index is -4.72. The maximum absolute atomic E-state index is 12.6. The Labute approximate surface area is 188 Å². The van der Waals surface area contributed by atoms with Crippen molar-refractivity contribution in [3.63, 3.8) is 0 Å². The highest BCUT2D eigenvalue weighted by Crippen LogP contribution is 2.25. The van der Waals surface area contributed by atoms with Crippen LogP contribution in [0.2, 0.25) is 0 Å². The number of carbonyl (C=O) groups is 2. The van der Waals surface area contributed by atoms with Crippen molar-refractivity contribution < 1.29 is 27.5 Å². The summed E-state index contributed by atoms with van der Waals surface area (Å²) >= 11 is 0. The molecule has 1 aromatic heterocycles. The lowest BCUT2D eigenvalue weighted by Gasteiger charge is -2.25. The fourth-order valence-corrected chi connectivity index (χ4v) is 3.83. The number of aromatic nitrogens is 1. The van der Waals surface area contributed by atoms with E-state index in [4.69, 9.17) is 0 Å². The first-order chi connectivity index (χ1) is 15.7. The smallest absolute Gasteiger partial charge is 0.406 e. The van der Waals surface area contributed by atoms with Crippen molar-refractivity contribution in [1.82, 2.24) is 9.88 Å². The SMILES string of the molecule is O=C1CCc2cc(C=CC(=O)N3CC=C(Cc4cccc(OC(F)(F)F)c4)CC3)cnc2N1. The molecule has 1 N–H and O–H groups in total. The zero-order chi connectivity index (χ0) is 23.4. The van der Waals surface area contributed by atoms with Crippen LogP contribution in [0.5, 0.6) is 5.75 Å². The molecule has 2 amide bonds. The second-order valence-corrected chi connectivity index (χ2v) is 7.93. The number of nitrogens with one attached hydrogen (secondary N) is 1. The van der Waals surface area contributed by atoms with Gasteiger partial charge in [-0.05, 0) is 60.2 Å². The molecule has 0 radical (unpaired) electrons. The molecule has 0 atom stereocenters. The Hall–Kier alpha value is -3.62. The van der Waals surface area contributed by atoms with Crippen LogP contribution in [0.4, 0.5) is 19.0 Å². The van der Waals surface area contributed by atoms with Crippen molar-refractivity contribution in [3.05, 3.63) is 70.9 Å². The highest BCUT2D eigenvalue weighted by Gasteiger charge is 2.31. The number of fused-ring (bicyclic) bond motifs is 1. The molecule has 33 heavy (non-hydrogen) atoms. The van der Waals surface area contributed by atoms with Gasteiger partial charge in [-0.2, -0.15) is 0 Å². The van der Waals surface area contributed by atoms with Crippen molar-refractivity contribution in [3.8, 4) is 5.75 Å². The van der Waals surface area contributed by atoms with Gasteiger partial charge in [0.1, 0.15) is 11.6 Å². The number of rotatable bonds is 5. The van der Waals surface area contributed by atoms with Gasteiger partial charge in [0.25, 0.3) is 0 Å². The lowest BCUT2D eigenvalue weighted by Crippen LogP contribution is -2.33. The Kier molecular flexibility index (Phi) is 6.48. The predicted molar refractivity (Wildman–Crippen MR) is 116 cm³/mol. The van der Waals surface area contributed by atoms with E-state index in [0.29, 0.717) is 44.6 Å². The van der Waals surface area contributed by atoms with E-state index in [-0.39, 0.29) is 17.6 Å². The molecular weight excluding hydrogens is 435 g/mol. The third kappa shape index (κ3) is 6.21. The third-order valence-electron chi connectivity index (χ3n) is 5.46. The van der Waals surface area contributed by atoms with Crippen molar-refractivity contribution in [1.29, 1.82) is 0 Å². The van der Waals surface area contributed by atoms with Crippen LogP contribution < -0.4 is 10.1 Å². The van der Waals surface area contributed by atoms with Crippen LogP contribution in [-0.4, -0.2) is 41.2 Å². The molecule has 3 heterocycles. The van der Waals surface area contributed by atoms with Gasteiger partial charge in [-0.3, -0.25) is 9.59 Å². The first kappa shape index (κ1) is 22.6. The molecular formula is C24H22F3N3O3. The van der Waals surface area contributed by atoms with E-state index < -0.39 is 6.36 Å². The molecule has 0 saturated carbocycles. The summed E-state index contributed by atoms with van der Waals surface area (Å²) in [6.45, 7) is 0.966. The number of ether oxygens (including phenoxy) is 1. The summed E-state index contributed by atoms with van der Waals surface area (Å²) in [5.41, 5.74) is 3.51. The summed E-state index contributed by atoms with van der Waals surface area (Å²) in [6, 6.07) is 7.85. The Bertz CT molecular complexity index is 1130. The average Bonchev–Trinajstić information content (AvgIpc) is 2.77. The van der Waals surface area contributed by atoms with Crippen LogP contribution in [0.1, 0.15) is 29.5 Å². The monoisotopic (exact) mass is 457 g/mol.